The smallest absolute Gasteiger partial charge is 0.227 e. The fourth-order valence-corrected chi connectivity index (χ4v) is 3.02. The van der Waals surface area contributed by atoms with Gasteiger partial charge in [-0.15, -0.1) is 0 Å². The lowest BCUT2D eigenvalue weighted by molar-refractivity contribution is 0.259. The van der Waals surface area contributed by atoms with Crippen molar-refractivity contribution in [2.45, 2.75) is 45.6 Å². The highest BCUT2D eigenvalue weighted by molar-refractivity contribution is 6.30. The van der Waals surface area contributed by atoms with E-state index >= 15 is 0 Å². The van der Waals surface area contributed by atoms with Crippen LogP contribution >= 0.6 is 23.2 Å². The highest BCUT2D eigenvalue weighted by Gasteiger charge is 2.17. The van der Waals surface area contributed by atoms with E-state index in [-0.39, 0.29) is 29.8 Å². The van der Waals surface area contributed by atoms with Crippen LogP contribution in [0.25, 0.3) is 0 Å². The van der Waals surface area contributed by atoms with Crippen molar-refractivity contribution in [3.05, 3.63) is 45.5 Å². The van der Waals surface area contributed by atoms with Gasteiger partial charge in [0.15, 0.2) is 0 Å². The van der Waals surface area contributed by atoms with E-state index in [1.807, 2.05) is 13.8 Å². The molecule has 5 nitrogen and oxygen atoms in total. The molecule has 0 saturated heterocycles. The number of hydrogen-bond donors (Lipinski definition) is 2. The van der Waals surface area contributed by atoms with Crippen LogP contribution in [0.4, 0.5) is 14.7 Å². The fraction of sp³-hybridized carbons (Fsp3) is 0.500. The monoisotopic (exact) mass is 418 g/mol. The molecule has 2 aromatic rings. The average Bonchev–Trinajstić information content (AvgIpc) is 2.57. The predicted octanol–water partition coefficient (Wildman–Crippen LogP) is 4.62. The molecule has 9 heteroatoms. The minimum atomic E-state index is -0.811. The molecule has 0 amide bonds. The first-order chi connectivity index (χ1) is 12.7. The van der Waals surface area contributed by atoms with Gasteiger partial charge < -0.3 is 10.4 Å². The number of aromatic nitrogens is 3. The van der Waals surface area contributed by atoms with E-state index in [1.165, 1.54) is 12.1 Å². The maximum atomic E-state index is 13.7. The number of hydrogen-bond acceptors (Lipinski definition) is 5. The molecule has 2 atom stereocenters. The second kappa shape index (κ2) is 9.57. The summed E-state index contributed by atoms with van der Waals surface area (Å²) >= 11 is 11.5. The predicted molar refractivity (Wildman–Crippen MR) is 102 cm³/mol. The van der Waals surface area contributed by atoms with Gasteiger partial charge in [0, 0.05) is 6.42 Å². The molecule has 0 radical (unpaired) electrons. The minimum absolute atomic E-state index is 0.00408. The third-order valence-electron chi connectivity index (χ3n) is 4.03. The van der Waals surface area contributed by atoms with Crippen molar-refractivity contribution < 1.29 is 13.9 Å². The second-order valence-corrected chi connectivity index (χ2v) is 7.62. The van der Waals surface area contributed by atoms with Crippen LogP contribution in [0.2, 0.25) is 10.3 Å². The van der Waals surface area contributed by atoms with Crippen LogP contribution in [0.3, 0.4) is 0 Å². The molecule has 2 unspecified atom stereocenters. The maximum absolute atomic E-state index is 13.7. The van der Waals surface area contributed by atoms with Crippen molar-refractivity contribution in [3.8, 4) is 0 Å². The molecule has 1 heterocycles. The summed E-state index contributed by atoms with van der Waals surface area (Å²) in [5.41, 5.74) is 0.438. The zero-order valence-electron chi connectivity index (χ0n) is 15.3. The molecule has 0 spiro atoms. The number of anilines is 1. The highest BCUT2D eigenvalue weighted by Crippen LogP contribution is 2.26. The van der Waals surface area contributed by atoms with Crippen LogP contribution in [-0.2, 0) is 6.42 Å². The number of nitrogens with one attached hydrogen (secondary N) is 1. The molecule has 2 N–H and O–H groups in total. The Kier molecular flexibility index (Phi) is 7.70. The lowest BCUT2D eigenvalue weighted by Crippen LogP contribution is -2.27. The molecule has 0 fully saturated rings. The Balaban J connectivity index is 2.18. The summed E-state index contributed by atoms with van der Waals surface area (Å²) in [5.74, 6) is -0.890. The molecule has 148 valence electrons. The molecule has 0 aliphatic carbocycles. The Hall–Kier alpha value is -1.57. The SMILES string of the molecule is CC(C)CC(CO)Nc1nc(Cl)nc(CC(C)c2cc(F)c(Cl)c(F)c2)n1. The first-order valence-electron chi connectivity index (χ1n) is 8.61. The van der Waals surface area contributed by atoms with Gasteiger partial charge in [0.2, 0.25) is 11.2 Å². The van der Waals surface area contributed by atoms with Gasteiger partial charge in [0.05, 0.1) is 12.6 Å². The quantitative estimate of drug-likeness (QED) is 0.611. The largest absolute Gasteiger partial charge is 0.394 e. The summed E-state index contributed by atoms with van der Waals surface area (Å²) in [6, 6.07) is 2.18. The fourth-order valence-electron chi connectivity index (χ4n) is 2.73. The normalized spacial score (nSPS) is 13.7. The molecule has 27 heavy (non-hydrogen) atoms. The van der Waals surface area contributed by atoms with Crippen molar-refractivity contribution in [3.63, 3.8) is 0 Å². The Morgan fingerprint density at radius 1 is 1.07 bits per heavy atom. The number of aliphatic hydroxyl groups excluding tert-OH is 1. The Morgan fingerprint density at radius 2 is 1.70 bits per heavy atom. The topological polar surface area (TPSA) is 70.9 Å². The van der Waals surface area contributed by atoms with Crippen molar-refractivity contribution in [1.82, 2.24) is 15.0 Å². The first kappa shape index (κ1) is 21.7. The lowest BCUT2D eigenvalue weighted by atomic mass is 9.97. The maximum Gasteiger partial charge on any atom is 0.227 e. The summed E-state index contributed by atoms with van der Waals surface area (Å²) in [4.78, 5) is 12.4. The van der Waals surface area contributed by atoms with Gasteiger partial charge >= 0.3 is 0 Å². The highest BCUT2D eigenvalue weighted by atomic mass is 35.5. The van der Waals surface area contributed by atoms with Crippen LogP contribution in [0.15, 0.2) is 12.1 Å². The van der Waals surface area contributed by atoms with Gasteiger partial charge in [0.1, 0.15) is 22.5 Å². The number of aliphatic hydroxyl groups is 1. The summed E-state index contributed by atoms with van der Waals surface area (Å²) in [5, 5.41) is 12.0. The Labute approximate surface area is 167 Å². The summed E-state index contributed by atoms with van der Waals surface area (Å²) < 4.78 is 27.4. The van der Waals surface area contributed by atoms with E-state index in [0.29, 0.717) is 23.7 Å². The molecule has 0 bridgehead atoms. The van der Waals surface area contributed by atoms with E-state index in [2.05, 4.69) is 20.3 Å². The van der Waals surface area contributed by atoms with Gasteiger partial charge in [-0.05, 0) is 47.6 Å². The average molecular weight is 419 g/mol. The second-order valence-electron chi connectivity index (χ2n) is 6.90. The van der Waals surface area contributed by atoms with Crippen LogP contribution in [-0.4, -0.2) is 32.7 Å². The van der Waals surface area contributed by atoms with Gasteiger partial charge in [0.25, 0.3) is 0 Å². The molecule has 1 aromatic heterocycles. The third kappa shape index (κ3) is 6.23. The first-order valence-corrected chi connectivity index (χ1v) is 9.37. The Bertz CT molecular complexity index is 769. The molecule has 0 aliphatic heterocycles. The molecular weight excluding hydrogens is 397 g/mol. The number of rotatable bonds is 8. The molecule has 0 saturated carbocycles. The zero-order chi connectivity index (χ0) is 20.1. The van der Waals surface area contributed by atoms with E-state index < -0.39 is 16.7 Å². The van der Waals surface area contributed by atoms with Crippen LogP contribution in [0.5, 0.6) is 0 Å². The van der Waals surface area contributed by atoms with Crippen LogP contribution in [0.1, 0.15) is 44.5 Å². The lowest BCUT2D eigenvalue weighted by Gasteiger charge is -2.19. The van der Waals surface area contributed by atoms with Gasteiger partial charge in [-0.25, -0.2) is 13.8 Å². The summed E-state index contributed by atoms with van der Waals surface area (Å²) in [6.07, 6.45) is 1.03. The van der Waals surface area contributed by atoms with Crippen LogP contribution in [0, 0.1) is 17.6 Å². The molecule has 1 aromatic carbocycles. The standard InChI is InChI=1S/C18H22Cl2F2N4O/c1-9(2)4-12(8-27)23-18-25-15(24-17(20)26-18)5-10(3)11-6-13(21)16(19)14(22)7-11/h6-7,9-10,12,27H,4-5,8H2,1-3H3,(H,23,24,25,26). The Morgan fingerprint density at radius 3 is 2.26 bits per heavy atom. The minimum Gasteiger partial charge on any atom is -0.394 e. The number of halogens is 4. The summed E-state index contributed by atoms with van der Waals surface area (Å²) in [7, 11) is 0. The molecular formula is C18H22Cl2F2N4O. The van der Waals surface area contributed by atoms with E-state index in [1.54, 1.807) is 6.92 Å². The van der Waals surface area contributed by atoms with Gasteiger partial charge in [-0.2, -0.15) is 9.97 Å². The zero-order valence-corrected chi connectivity index (χ0v) is 16.8. The number of benzene rings is 1. The number of nitrogens with zero attached hydrogens (tertiary/aromatic N) is 3. The van der Waals surface area contributed by atoms with E-state index in [4.69, 9.17) is 23.2 Å². The van der Waals surface area contributed by atoms with Crippen LogP contribution < -0.4 is 5.32 Å². The summed E-state index contributed by atoms with van der Waals surface area (Å²) in [6.45, 7) is 5.81. The van der Waals surface area contributed by atoms with Gasteiger partial charge in [-0.1, -0.05) is 32.4 Å². The van der Waals surface area contributed by atoms with Crippen molar-refractivity contribution in [2.24, 2.45) is 5.92 Å². The van der Waals surface area contributed by atoms with E-state index in [0.717, 1.165) is 6.42 Å². The van der Waals surface area contributed by atoms with Crippen molar-refractivity contribution >= 4 is 29.2 Å². The third-order valence-corrected chi connectivity index (χ3v) is 4.56. The van der Waals surface area contributed by atoms with Crippen molar-refractivity contribution in [2.75, 3.05) is 11.9 Å². The molecule has 2 rings (SSSR count). The molecule has 0 aliphatic rings. The van der Waals surface area contributed by atoms with Gasteiger partial charge in [-0.3, -0.25) is 0 Å². The van der Waals surface area contributed by atoms with E-state index in [9.17, 15) is 13.9 Å². The van der Waals surface area contributed by atoms with Crippen molar-refractivity contribution in [1.29, 1.82) is 0 Å².